The van der Waals surface area contributed by atoms with Gasteiger partial charge in [-0.05, 0) is 30.2 Å². The molecule has 0 saturated carbocycles. The molecule has 1 aromatic heterocycles. The molecule has 2 aliphatic heterocycles. The second-order valence-electron chi connectivity index (χ2n) is 8.55. The number of carbonyl (C=O) groups excluding carboxylic acids is 2. The third-order valence-corrected chi connectivity index (χ3v) is 6.79. The van der Waals surface area contributed by atoms with Crippen molar-refractivity contribution in [2.75, 3.05) is 4.90 Å². The number of benzene rings is 2. The molecule has 2 aliphatic rings. The second-order valence-corrected chi connectivity index (χ2v) is 8.55. The molecule has 2 aromatic carbocycles. The van der Waals surface area contributed by atoms with E-state index in [1.54, 1.807) is 36.7 Å². The highest BCUT2D eigenvalue weighted by Crippen LogP contribution is 2.55. The molecule has 0 bridgehead atoms. The molecule has 6 nitrogen and oxygen atoms in total. The summed E-state index contributed by atoms with van der Waals surface area (Å²) in [5.74, 6) is -1.72. The van der Waals surface area contributed by atoms with Crippen LogP contribution in [0.2, 0.25) is 0 Å². The zero-order valence-electron chi connectivity index (χ0n) is 18.1. The summed E-state index contributed by atoms with van der Waals surface area (Å²) in [6, 6.07) is 19.3. The van der Waals surface area contributed by atoms with Gasteiger partial charge in [-0.1, -0.05) is 66.2 Å². The Hall–Kier alpha value is -4.24. The summed E-state index contributed by atoms with van der Waals surface area (Å²) in [5, 5.41) is 10.5. The van der Waals surface area contributed by atoms with E-state index in [-0.39, 0.29) is 5.78 Å². The summed E-state index contributed by atoms with van der Waals surface area (Å²) in [6.07, 6.45) is 6.95. The van der Waals surface area contributed by atoms with Gasteiger partial charge in [-0.2, -0.15) is 5.26 Å². The number of fused-ring (bicyclic) bond motifs is 3. The van der Waals surface area contributed by atoms with Crippen LogP contribution >= 0.6 is 0 Å². The van der Waals surface area contributed by atoms with Crippen molar-refractivity contribution < 1.29 is 9.59 Å². The molecule has 4 atom stereocenters. The van der Waals surface area contributed by atoms with E-state index in [1.165, 1.54) is 0 Å². The minimum Gasteiger partial charge on any atom is -0.368 e. The quantitative estimate of drug-likeness (QED) is 0.632. The van der Waals surface area contributed by atoms with Crippen LogP contribution in [0.15, 0.2) is 79.1 Å². The third-order valence-electron chi connectivity index (χ3n) is 6.79. The number of primary amides is 1. The number of ketones is 1. The monoisotopic (exact) mass is 434 g/mol. The highest BCUT2D eigenvalue weighted by molar-refractivity contribution is 6.06. The van der Waals surface area contributed by atoms with Crippen molar-refractivity contribution in [3.05, 3.63) is 101 Å². The summed E-state index contributed by atoms with van der Waals surface area (Å²) in [5.41, 5.74) is 8.20. The summed E-state index contributed by atoms with van der Waals surface area (Å²) >= 11 is 0. The number of carbonyl (C=O) groups is 2. The van der Waals surface area contributed by atoms with Crippen LogP contribution in [-0.4, -0.2) is 28.8 Å². The van der Waals surface area contributed by atoms with E-state index in [9.17, 15) is 14.9 Å². The smallest absolute Gasteiger partial charge is 0.241 e. The third kappa shape index (κ3) is 2.97. The fourth-order valence-electron chi connectivity index (χ4n) is 5.25. The minimum atomic E-state index is -1.65. The molecule has 162 valence electrons. The van der Waals surface area contributed by atoms with E-state index in [0.29, 0.717) is 11.1 Å². The summed E-state index contributed by atoms with van der Waals surface area (Å²) in [4.78, 5) is 33.3. The lowest BCUT2D eigenvalue weighted by atomic mass is 9.68. The molecule has 1 amide bonds. The molecule has 6 heteroatoms. The molecule has 33 heavy (non-hydrogen) atoms. The number of aromatic nitrogens is 1. The van der Waals surface area contributed by atoms with E-state index in [0.717, 1.165) is 16.8 Å². The lowest BCUT2D eigenvalue weighted by Crippen LogP contribution is -2.49. The van der Waals surface area contributed by atoms with Gasteiger partial charge in [0, 0.05) is 29.6 Å². The minimum absolute atomic E-state index is 0.169. The zero-order chi connectivity index (χ0) is 23.2. The van der Waals surface area contributed by atoms with Crippen LogP contribution in [0.3, 0.4) is 0 Å². The summed E-state index contributed by atoms with van der Waals surface area (Å²) in [7, 11) is 0. The van der Waals surface area contributed by atoms with Gasteiger partial charge in [-0.3, -0.25) is 14.6 Å². The van der Waals surface area contributed by atoms with Crippen molar-refractivity contribution in [2.45, 2.75) is 24.9 Å². The Morgan fingerprint density at radius 2 is 1.85 bits per heavy atom. The Morgan fingerprint density at radius 1 is 1.09 bits per heavy atom. The van der Waals surface area contributed by atoms with Crippen LogP contribution in [-0.2, 0) is 4.79 Å². The molecular formula is C27H22N4O2. The second kappa shape index (κ2) is 7.72. The van der Waals surface area contributed by atoms with Gasteiger partial charge in [-0.15, -0.1) is 0 Å². The molecule has 0 spiro atoms. The van der Waals surface area contributed by atoms with Crippen molar-refractivity contribution in [1.82, 2.24) is 4.98 Å². The van der Waals surface area contributed by atoms with Crippen molar-refractivity contribution in [3.8, 4) is 6.07 Å². The molecule has 2 N–H and O–H groups in total. The van der Waals surface area contributed by atoms with Gasteiger partial charge in [0.05, 0.1) is 12.1 Å². The zero-order valence-corrected chi connectivity index (χ0v) is 18.1. The first-order chi connectivity index (χ1) is 16.0. The highest BCUT2D eigenvalue weighted by atomic mass is 16.1. The number of aryl methyl sites for hydroxylation is 1. The molecular weight excluding hydrogens is 412 g/mol. The Bertz CT molecular complexity index is 1310. The van der Waals surface area contributed by atoms with E-state index in [1.807, 2.05) is 60.4 Å². The van der Waals surface area contributed by atoms with Gasteiger partial charge in [0.2, 0.25) is 5.91 Å². The lowest BCUT2D eigenvalue weighted by Gasteiger charge is -2.36. The largest absolute Gasteiger partial charge is 0.368 e. The van der Waals surface area contributed by atoms with Crippen molar-refractivity contribution in [3.63, 3.8) is 0 Å². The van der Waals surface area contributed by atoms with Crippen LogP contribution < -0.4 is 10.6 Å². The SMILES string of the molecule is Cc1ccc(C(=O)[C@@H]2[C@H](c3cccnc3)[C@@](C#N)(C(N)=O)[C@H]3C=Cc4ccccc4N23)cc1. The number of nitrogens with two attached hydrogens (primary N) is 1. The summed E-state index contributed by atoms with van der Waals surface area (Å²) < 4.78 is 0. The Balaban J connectivity index is 1.80. The van der Waals surface area contributed by atoms with E-state index < -0.39 is 29.3 Å². The van der Waals surface area contributed by atoms with E-state index >= 15 is 0 Å². The Morgan fingerprint density at radius 3 is 2.52 bits per heavy atom. The first kappa shape index (κ1) is 20.7. The number of pyridine rings is 1. The highest BCUT2D eigenvalue weighted by Gasteiger charge is 2.65. The van der Waals surface area contributed by atoms with Crippen LogP contribution in [0.1, 0.15) is 33.0 Å². The molecule has 1 fully saturated rings. The van der Waals surface area contributed by atoms with Crippen LogP contribution in [0.5, 0.6) is 0 Å². The average Bonchev–Trinajstić information content (AvgIpc) is 3.16. The maximum atomic E-state index is 14.1. The number of para-hydroxylation sites is 1. The first-order valence-electron chi connectivity index (χ1n) is 10.8. The normalized spacial score (nSPS) is 25.1. The first-order valence-corrected chi connectivity index (χ1v) is 10.8. The lowest BCUT2D eigenvalue weighted by molar-refractivity contribution is -0.125. The van der Waals surface area contributed by atoms with Crippen molar-refractivity contribution in [1.29, 1.82) is 5.26 Å². The molecule has 1 saturated heterocycles. The van der Waals surface area contributed by atoms with Crippen LogP contribution in [0.4, 0.5) is 5.69 Å². The Kier molecular flexibility index (Phi) is 4.83. The molecule has 3 heterocycles. The molecule has 3 aromatic rings. The van der Waals surface area contributed by atoms with Crippen molar-refractivity contribution in [2.24, 2.45) is 11.1 Å². The molecule has 0 unspecified atom stereocenters. The van der Waals surface area contributed by atoms with Gasteiger partial charge in [0.1, 0.15) is 6.04 Å². The summed E-state index contributed by atoms with van der Waals surface area (Å²) in [6.45, 7) is 1.96. The molecule has 0 radical (unpaired) electrons. The van der Waals surface area contributed by atoms with Crippen molar-refractivity contribution >= 4 is 23.5 Å². The van der Waals surface area contributed by atoms with E-state index in [2.05, 4.69) is 11.1 Å². The molecule has 5 rings (SSSR count). The number of Topliss-reactive ketones (excluding diaryl/α,β-unsaturated/α-hetero) is 1. The number of amides is 1. The molecule has 0 aliphatic carbocycles. The van der Waals surface area contributed by atoms with Gasteiger partial charge in [0.15, 0.2) is 11.2 Å². The fraction of sp³-hybridized carbons (Fsp3) is 0.185. The predicted molar refractivity (Wildman–Crippen MR) is 125 cm³/mol. The number of hydrogen-bond acceptors (Lipinski definition) is 5. The van der Waals surface area contributed by atoms with Crippen LogP contribution in [0.25, 0.3) is 6.08 Å². The fourth-order valence-corrected chi connectivity index (χ4v) is 5.25. The number of hydrogen-bond donors (Lipinski definition) is 1. The van der Waals surface area contributed by atoms with Gasteiger partial charge in [0.25, 0.3) is 0 Å². The number of nitriles is 1. The topological polar surface area (TPSA) is 100 Å². The van der Waals surface area contributed by atoms with Gasteiger partial charge >= 0.3 is 0 Å². The standard InChI is InChI=1S/C27H22N4O2/c1-17-8-10-19(11-9-17)25(32)24-23(20-6-4-14-30-15-20)27(16-28,26(29)33)22-13-12-18-5-2-3-7-21(18)31(22)24/h2-15,22-24H,1H3,(H2,29,33)/t22-,23+,24+,27+/m1/s1. The maximum Gasteiger partial charge on any atom is 0.241 e. The van der Waals surface area contributed by atoms with Gasteiger partial charge < -0.3 is 10.6 Å². The predicted octanol–water partition coefficient (Wildman–Crippen LogP) is 3.64. The average molecular weight is 434 g/mol. The van der Waals surface area contributed by atoms with Crippen LogP contribution in [0, 0.1) is 23.7 Å². The number of rotatable bonds is 4. The van der Waals surface area contributed by atoms with E-state index in [4.69, 9.17) is 5.73 Å². The maximum absolute atomic E-state index is 14.1. The number of nitrogens with zero attached hydrogens (tertiary/aromatic N) is 3. The number of anilines is 1. The Labute approximate surface area is 192 Å². The van der Waals surface area contributed by atoms with Gasteiger partial charge in [-0.25, -0.2) is 0 Å².